The first-order valence-electron chi connectivity index (χ1n) is 4.77. The summed E-state index contributed by atoms with van der Waals surface area (Å²) in [4.78, 5) is 10.9. The molecule has 1 aromatic carbocycles. The van der Waals surface area contributed by atoms with Crippen LogP contribution in [0.5, 0.6) is 0 Å². The Balaban J connectivity index is 2.61. The maximum atomic E-state index is 10.9. The van der Waals surface area contributed by atoms with E-state index in [-0.39, 0.29) is 12.4 Å². The first-order valence-corrected chi connectivity index (χ1v) is 4.77. The summed E-state index contributed by atoms with van der Waals surface area (Å²) < 4.78 is 4.50. The Labute approximate surface area is 93.8 Å². The van der Waals surface area contributed by atoms with E-state index in [1.54, 1.807) is 18.2 Å². The number of nitriles is 1. The van der Waals surface area contributed by atoms with Gasteiger partial charge < -0.3 is 15.8 Å². The number of nitrogens with two attached hydrogens (primary N) is 1. The highest BCUT2D eigenvalue weighted by atomic mass is 16.5. The molecule has 0 amide bonds. The molecule has 0 aliphatic rings. The third-order valence-electron chi connectivity index (χ3n) is 2.04. The fraction of sp³-hybridized carbons (Fsp3) is 0.273. The summed E-state index contributed by atoms with van der Waals surface area (Å²) in [5.74, 6) is -0.290. The summed E-state index contributed by atoms with van der Waals surface area (Å²) in [7, 11) is 1.34. The second kappa shape index (κ2) is 5.61. The van der Waals surface area contributed by atoms with Crippen molar-refractivity contribution < 1.29 is 9.53 Å². The number of anilines is 2. The van der Waals surface area contributed by atoms with Crippen LogP contribution in [0.3, 0.4) is 0 Å². The van der Waals surface area contributed by atoms with Crippen LogP contribution in [0.4, 0.5) is 11.4 Å². The lowest BCUT2D eigenvalue weighted by molar-refractivity contribution is -0.140. The van der Waals surface area contributed by atoms with Gasteiger partial charge in [0.05, 0.1) is 24.8 Å². The van der Waals surface area contributed by atoms with Crippen LogP contribution < -0.4 is 11.1 Å². The molecule has 0 heterocycles. The summed E-state index contributed by atoms with van der Waals surface area (Å²) in [5, 5.41) is 11.8. The number of carbonyl (C=O) groups excluding carboxylic acids is 1. The fourth-order valence-electron chi connectivity index (χ4n) is 1.21. The average molecular weight is 219 g/mol. The molecular formula is C11H13N3O2. The summed E-state index contributed by atoms with van der Waals surface area (Å²) >= 11 is 0. The van der Waals surface area contributed by atoms with Crippen molar-refractivity contribution in [2.45, 2.75) is 6.42 Å². The van der Waals surface area contributed by atoms with Gasteiger partial charge in [0.25, 0.3) is 0 Å². The smallest absolute Gasteiger partial charge is 0.307 e. The van der Waals surface area contributed by atoms with Crippen LogP contribution in [0.15, 0.2) is 18.2 Å². The number of esters is 1. The number of benzene rings is 1. The van der Waals surface area contributed by atoms with E-state index in [2.05, 4.69) is 10.1 Å². The number of hydrogen-bond donors (Lipinski definition) is 2. The van der Waals surface area contributed by atoms with Crippen LogP contribution in [-0.4, -0.2) is 19.6 Å². The zero-order valence-corrected chi connectivity index (χ0v) is 8.99. The molecule has 5 nitrogen and oxygen atoms in total. The van der Waals surface area contributed by atoms with Crippen molar-refractivity contribution in [3.63, 3.8) is 0 Å². The molecule has 0 saturated heterocycles. The molecular weight excluding hydrogens is 206 g/mol. The molecule has 0 aliphatic heterocycles. The van der Waals surface area contributed by atoms with Crippen molar-refractivity contribution >= 4 is 17.3 Å². The average Bonchev–Trinajstić information content (AvgIpc) is 2.30. The van der Waals surface area contributed by atoms with Crippen molar-refractivity contribution in [1.29, 1.82) is 5.26 Å². The predicted molar refractivity (Wildman–Crippen MR) is 60.7 cm³/mol. The Morgan fingerprint density at radius 2 is 2.38 bits per heavy atom. The van der Waals surface area contributed by atoms with E-state index in [4.69, 9.17) is 11.0 Å². The van der Waals surface area contributed by atoms with Crippen molar-refractivity contribution in [3.8, 4) is 6.07 Å². The highest BCUT2D eigenvalue weighted by Crippen LogP contribution is 2.17. The van der Waals surface area contributed by atoms with Gasteiger partial charge in [0.1, 0.15) is 6.07 Å². The molecule has 1 rings (SSSR count). The van der Waals surface area contributed by atoms with Gasteiger partial charge in [-0.2, -0.15) is 5.26 Å². The summed E-state index contributed by atoms with van der Waals surface area (Å²) in [5.41, 5.74) is 7.22. The molecule has 0 spiro atoms. The Kier molecular flexibility index (Phi) is 4.16. The summed E-state index contributed by atoms with van der Waals surface area (Å²) in [6.45, 7) is 0.422. The van der Waals surface area contributed by atoms with Gasteiger partial charge in [-0.25, -0.2) is 0 Å². The highest BCUT2D eigenvalue weighted by Gasteiger charge is 2.03. The summed E-state index contributed by atoms with van der Waals surface area (Å²) in [6.07, 6.45) is 0.256. The van der Waals surface area contributed by atoms with Crippen molar-refractivity contribution in [1.82, 2.24) is 0 Å². The van der Waals surface area contributed by atoms with E-state index in [1.807, 2.05) is 6.07 Å². The van der Waals surface area contributed by atoms with Crippen LogP contribution in [0.1, 0.15) is 12.0 Å². The lowest BCUT2D eigenvalue weighted by Gasteiger charge is -2.07. The van der Waals surface area contributed by atoms with E-state index in [0.717, 1.165) is 0 Å². The molecule has 0 radical (unpaired) electrons. The van der Waals surface area contributed by atoms with Crippen molar-refractivity contribution in [2.24, 2.45) is 0 Å². The molecule has 0 unspecified atom stereocenters. The highest BCUT2D eigenvalue weighted by molar-refractivity contribution is 5.70. The zero-order chi connectivity index (χ0) is 12.0. The van der Waals surface area contributed by atoms with Crippen LogP contribution in [0, 0.1) is 11.3 Å². The second-order valence-corrected chi connectivity index (χ2v) is 3.17. The predicted octanol–water partition coefficient (Wildman–Crippen LogP) is 1.12. The van der Waals surface area contributed by atoms with Gasteiger partial charge in [-0.05, 0) is 18.2 Å². The monoisotopic (exact) mass is 219 g/mol. The maximum Gasteiger partial charge on any atom is 0.307 e. The van der Waals surface area contributed by atoms with Gasteiger partial charge in [0, 0.05) is 12.2 Å². The SMILES string of the molecule is COC(=O)CCNc1ccc(N)cc1C#N. The van der Waals surface area contributed by atoms with E-state index >= 15 is 0 Å². The lowest BCUT2D eigenvalue weighted by Crippen LogP contribution is -2.10. The van der Waals surface area contributed by atoms with Crippen LogP contribution in [0.25, 0.3) is 0 Å². The third kappa shape index (κ3) is 3.17. The van der Waals surface area contributed by atoms with Crippen LogP contribution in [0.2, 0.25) is 0 Å². The Hall–Kier alpha value is -2.22. The van der Waals surface area contributed by atoms with Crippen LogP contribution in [-0.2, 0) is 9.53 Å². The number of rotatable bonds is 4. The minimum atomic E-state index is -0.290. The number of nitrogens with one attached hydrogen (secondary N) is 1. The molecule has 0 saturated carbocycles. The van der Waals surface area contributed by atoms with Gasteiger partial charge in [0.15, 0.2) is 0 Å². The van der Waals surface area contributed by atoms with Crippen LogP contribution >= 0.6 is 0 Å². The number of nitrogen functional groups attached to an aromatic ring is 1. The van der Waals surface area contributed by atoms with Gasteiger partial charge >= 0.3 is 5.97 Å². The van der Waals surface area contributed by atoms with Gasteiger partial charge in [-0.15, -0.1) is 0 Å². The number of carbonyl (C=O) groups is 1. The Morgan fingerprint density at radius 3 is 3.00 bits per heavy atom. The first-order chi connectivity index (χ1) is 7.67. The van der Waals surface area contributed by atoms with Gasteiger partial charge in [0.2, 0.25) is 0 Å². The molecule has 0 fully saturated rings. The molecule has 16 heavy (non-hydrogen) atoms. The molecule has 1 aromatic rings. The van der Waals surface area contributed by atoms with E-state index < -0.39 is 0 Å². The Bertz CT molecular complexity index is 424. The number of methoxy groups -OCH3 is 1. The first kappa shape index (κ1) is 11.9. The Morgan fingerprint density at radius 1 is 1.62 bits per heavy atom. The summed E-state index contributed by atoms with van der Waals surface area (Å²) in [6, 6.07) is 7.02. The number of ether oxygens (including phenoxy) is 1. The van der Waals surface area contributed by atoms with E-state index in [0.29, 0.717) is 23.5 Å². The van der Waals surface area contributed by atoms with Gasteiger partial charge in [-0.3, -0.25) is 4.79 Å². The zero-order valence-electron chi connectivity index (χ0n) is 8.99. The second-order valence-electron chi connectivity index (χ2n) is 3.17. The number of nitrogens with zero attached hydrogens (tertiary/aromatic N) is 1. The molecule has 0 atom stereocenters. The molecule has 5 heteroatoms. The topological polar surface area (TPSA) is 88.1 Å². The molecule has 0 aromatic heterocycles. The third-order valence-corrected chi connectivity index (χ3v) is 2.04. The number of hydrogen-bond acceptors (Lipinski definition) is 5. The standard InChI is InChI=1S/C11H13N3O2/c1-16-11(15)4-5-14-10-3-2-9(13)6-8(10)7-12/h2-3,6,14H,4-5,13H2,1H3. The quantitative estimate of drug-likeness (QED) is 0.585. The van der Waals surface area contributed by atoms with Gasteiger partial charge in [-0.1, -0.05) is 0 Å². The van der Waals surface area contributed by atoms with E-state index in [1.165, 1.54) is 7.11 Å². The lowest BCUT2D eigenvalue weighted by atomic mass is 10.1. The minimum absolute atomic E-state index is 0.256. The molecule has 0 aliphatic carbocycles. The largest absolute Gasteiger partial charge is 0.469 e. The fourth-order valence-corrected chi connectivity index (χ4v) is 1.21. The minimum Gasteiger partial charge on any atom is -0.469 e. The van der Waals surface area contributed by atoms with Crippen molar-refractivity contribution in [2.75, 3.05) is 24.7 Å². The van der Waals surface area contributed by atoms with E-state index in [9.17, 15) is 4.79 Å². The molecule has 84 valence electrons. The normalized spacial score (nSPS) is 9.25. The van der Waals surface area contributed by atoms with Crippen molar-refractivity contribution in [3.05, 3.63) is 23.8 Å². The molecule has 3 N–H and O–H groups in total. The maximum absolute atomic E-state index is 10.9. The molecule has 0 bridgehead atoms.